The molecule has 8 nitrogen and oxygen atoms in total. The second kappa shape index (κ2) is 6.50. The van der Waals surface area contributed by atoms with E-state index in [-0.39, 0.29) is 13.1 Å². The van der Waals surface area contributed by atoms with Gasteiger partial charge in [-0.3, -0.25) is 18.7 Å². The van der Waals surface area contributed by atoms with Crippen molar-refractivity contribution in [2.24, 2.45) is 0 Å². The molecule has 0 aromatic carbocycles. The van der Waals surface area contributed by atoms with Gasteiger partial charge in [-0.25, -0.2) is 18.7 Å². The Morgan fingerprint density at radius 3 is 1.52 bits per heavy atom. The zero-order valence-electron chi connectivity index (χ0n) is 12.0. The van der Waals surface area contributed by atoms with Crippen LogP contribution in [0.5, 0.6) is 0 Å². The van der Waals surface area contributed by atoms with E-state index in [9.17, 15) is 19.2 Å². The van der Waals surface area contributed by atoms with E-state index in [2.05, 4.69) is 11.8 Å². The monoisotopic (exact) mass is 312 g/mol. The Kier molecular flexibility index (Phi) is 4.48. The molecular formula is C15H12N4O4. The summed E-state index contributed by atoms with van der Waals surface area (Å²) in [6, 6.07) is 2.26. The molecule has 0 atom stereocenters. The lowest BCUT2D eigenvalue weighted by Crippen LogP contribution is -2.47. The molecule has 116 valence electrons. The molecule has 0 bridgehead atoms. The first kappa shape index (κ1) is 15.9. The largest absolute Gasteiger partial charge is 0.333 e. The molecular weight excluding hydrogens is 300 g/mol. The second-order valence-corrected chi connectivity index (χ2v) is 4.53. The van der Waals surface area contributed by atoms with Gasteiger partial charge in [-0.2, -0.15) is 0 Å². The van der Waals surface area contributed by atoms with Gasteiger partial charge >= 0.3 is 11.4 Å². The molecule has 2 aromatic rings. The molecule has 0 N–H and O–H groups in total. The van der Waals surface area contributed by atoms with Crippen molar-refractivity contribution in [2.45, 2.75) is 19.8 Å². The van der Waals surface area contributed by atoms with Crippen molar-refractivity contribution in [3.8, 4) is 24.7 Å². The van der Waals surface area contributed by atoms with Gasteiger partial charge < -0.3 is 0 Å². The first-order chi connectivity index (χ1) is 11.0. The van der Waals surface area contributed by atoms with E-state index in [0.29, 0.717) is 0 Å². The van der Waals surface area contributed by atoms with E-state index < -0.39 is 29.2 Å². The van der Waals surface area contributed by atoms with Crippen molar-refractivity contribution in [1.82, 2.24) is 18.3 Å². The van der Waals surface area contributed by atoms with Crippen LogP contribution in [-0.4, -0.2) is 18.3 Å². The minimum Gasteiger partial charge on any atom is -0.289 e. The van der Waals surface area contributed by atoms with Crippen molar-refractivity contribution < 1.29 is 0 Å². The van der Waals surface area contributed by atoms with E-state index >= 15 is 0 Å². The standard InChI is InChI=1S/C15H12N4O4/c1-3-7-16-9-5-12(20)18(14(16)22)11-19-13(21)6-10-17(8-4-2)15(19)23/h1-2,5-6,9-10H,7-8,11H2. The van der Waals surface area contributed by atoms with Gasteiger partial charge in [-0.1, -0.05) is 11.8 Å². The Morgan fingerprint density at radius 1 is 0.783 bits per heavy atom. The summed E-state index contributed by atoms with van der Waals surface area (Å²) in [5.74, 6) is 4.55. The maximum Gasteiger partial charge on any atom is 0.333 e. The van der Waals surface area contributed by atoms with Gasteiger partial charge in [0.25, 0.3) is 11.1 Å². The number of nitrogens with zero attached hydrogens (tertiary/aromatic N) is 4. The third-order valence-corrected chi connectivity index (χ3v) is 3.09. The predicted octanol–water partition coefficient (Wildman–Crippen LogP) is -1.89. The SMILES string of the molecule is C#CCn1ccc(=O)n(Cn2c(=O)ccn(CC#C)c2=O)c1=O. The fourth-order valence-electron chi connectivity index (χ4n) is 1.95. The summed E-state index contributed by atoms with van der Waals surface area (Å²) in [4.78, 5) is 48.1. The first-order valence-electron chi connectivity index (χ1n) is 6.47. The zero-order valence-corrected chi connectivity index (χ0v) is 12.0. The molecule has 0 aliphatic heterocycles. The van der Waals surface area contributed by atoms with Crippen molar-refractivity contribution in [2.75, 3.05) is 0 Å². The van der Waals surface area contributed by atoms with Crippen LogP contribution in [0.3, 0.4) is 0 Å². The highest BCUT2D eigenvalue weighted by atomic mass is 16.2. The summed E-state index contributed by atoms with van der Waals surface area (Å²) >= 11 is 0. The smallest absolute Gasteiger partial charge is 0.289 e. The van der Waals surface area contributed by atoms with Crippen LogP contribution in [0.4, 0.5) is 0 Å². The normalized spacial score (nSPS) is 10.0. The van der Waals surface area contributed by atoms with Gasteiger partial charge in [0.05, 0.1) is 13.1 Å². The quantitative estimate of drug-likeness (QED) is 0.617. The highest BCUT2D eigenvalue weighted by molar-refractivity contribution is 4.94. The van der Waals surface area contributed by atoms with Crippen LogP contribution < -0.4 is 22.5 Å². The Hall–Kier alpha value is -3.52. The number of aromatic nitrogens is 4. The molecule has 2 aromatic heterocycles. The number of rotatable bonds is 4. The highest BCUT2D eigenvalue weighted by Crippen LogP contribution is 1.82. The molecule has 0 spiro atoms. The average Bonchev–Trinajstić information content (AvgIpc) is 2.52. The van der Waals surface area contributed by atoms with Crippen LogP contribution in [0.1, 0.15) is 0 Å². The molecule has 0 unspecified atom stereocenters. The van der Waals surface area contributed by atoms with Gasteiger partial charge in [0, 0.05) is 24.5 Å². The summed E-state index contributed by atoms with van der Waals surface area (Å²) in [6.07, 6.45) is 12.8. The lowest BCUT2D eigenvalue weighted by molar-refractivity contribution is 0.486. The van der Waals surface area contributed by atoms with Crippen LogP contribution in [0.2, 0.25) is 0 Å². The van der Waals surface area contributed by atoms with Crippen molar-refractivity contribution >= 4 is 0 Å². The summed E-state index contributed by atoms with van der Waals surface area (Å²) < 4.78 is 3.74. The highest BCUT2D eigenvalue weighted by Gasteiger charge is 2.10. The molecule has 2 rings (SSSR count). The lowest BCUT2D eigenvalue weighted by Gasteiger charge is -2.10. The first-order valence-corrected chi connectivity index (χ1v) is 6.47. The Balaban J connectivity index is 2.62. The number of hydrogen-bond acceptors (Lipinski definition) is 4. The topological polar surface area (TPSA) is 88.0 Å². The molecule has 0 saturated heterocycles. The fraction of sp³-hybridized carbons (Fsp3) is 0.200. The Labute approximate surface area is 129 Å². The van der Waals surface area contributed by atoms with Gasteiger partial charge in [-0.05, 0) is 0 Å². The zero-order chi connectivity index (χ0) is 17.0. The van der Waals surface area contributed by atoms with E-state index in [1.165, 1.54) is 12.4 Å². The van der Waals surface area contributed by atoms with E-state index in [4.69, 9.17) is 12.8 Å². The summed E-state index contributed by atoms with van der Waals surface area (Å²) in [5, 5.41) is 0. The maximum atomic E-state index is 12.2. The van der Waals surface area contributed by atoms with Crippen LogP contribution in [-0.2, 0) is 19.8 Å². The predicted molar refractivity (Wildman–Crippen MR) is 83.0 cm³/mol. The van der Waals surface area contributed by atoms with Gasteiger partial charge in [0.2, 0.25) is 0 Å². The summed E-state index contributed by atoms with van der Waals surface area (Å²) in [6.45, 7) is -0.597. The Morgan fingerprint density at radius 2 is 1.17 bits per heavy atom. The molecule has 0 aliphatic carbocycles. The molecule has 2 heterocycles. The lowest BCUT2D eigenvalue weighted by atomic mass is 10.5. The maximum absolute atomic E-state index is 12.2. The van der Waals surface area contributed by atoms with E-state index in [1.54, 1.807) is 0 Å². The molecule has 8 heteroatoms. The second-order valence-electron chi connectivity index (χ2n) is 4.53. The van der Waals surface area contributed by atoms with Crippen LogP contribution >= 0.6 is 0 Å². The summed E-state index contributed by atoms with van der Waals surface area (Å²) in [5.41, 5.74) is -2.73. The van der Waals surface area contributed by atoms with Crippen molar-refractivity contribution in [3.63, 3.8) is 0 Å². The average molecular weight is 312 g/mol. The number of hydrogen-bond donors (Lipinski definition) is 0. The van der Waals surface area contributed by atoms with Gasteiger partial charge in [0.1, 0.15) is 6.67 Å². The molecule has 23 heavy (non-hydrogen) atoms. The third kappa shape index (κ3) is 3.06. The van der Waals surface area contributed by atoms with Crippen molar-refractivity contribution in [3.05, 3.63) is 66.2 Å². The van der Waals surface area contributed by atoms with Gasteiger partial charge in [0.15, 0.2) is 0 Å². The molecule has 0 saturated carbocycles. The van der Waals surface area contributed by atoms with Crippen molar-refractivity contribution in [1.29, 1.82) is 0 Å². The van der Waals surface area contributed by atoms with Crippen LogP contribution in [0.25, 0.3) is 0 Å². The minimum atomic E-state index is -0.714. The van der Waals surface area contributed by atoms with Gasteiger partial charge in [-0.15, -0.1) is 12.8 Å². The molecule has 0 fully saturated rings. The fourth-order valence-corrected chi connectivity index (χ4v) is 1.95. The number of terminal acetylenes is 2. The third-order valence-electron chi connectivity index (χ3n) is 3.09. The molecule has 0 radical (unpaired) electrons. The van der Waals surface area contributed by atoms with E-state index in [1.807, 2.05) is 0 Å². The van der Waals surface area contributed by atoms with Crippen LogP contribution in [0, 0.1) is 24.7 Å². The Bertz CT molecular complexity index is 968. The molecule has 0 amide bonds. The summed E-state index contributed by atoms with van der Waals surface area (Å²) in [7, 11) is 0. The van der Waals surface area contributed by atoms with E-state index in [0.717, 1.165) is 30.4 Å². The van der Waals surface area contributed by atoms with Crippen LogP contribution in [0.15, 0.2) is 43.7 Å². The molecule has 0 aliphatic rings. The minimum absolute atomic E-state index is 0.0376.